The first-order valence-corrected chi connectivity index (χ1v) is 6.43. The van der Waals surface area contributed by atoms with Crippen LogP contribution in [0.5, 0.6) is 0 Å². The smallest absolute Gasteiger partial charge is 0.236 e. The fourth-order valence-corrected chi connectivity index (χ4v) is 1.58. The van der Waals surface area contributed by atoms with E-state index in [0.29, 0.717) is 13.0 Å². The number of hydrogen-bond acceptors (Lipinski definition) is 3. The molecule has 3 N–H and O–H groups in total. The van der Waals surface area contributed by atoms with Crippen LogP contribution in [0.15, 0.2) is 30.3 Å². The number of aryl methyl sites for hydroxylation is 1. The van der Waals surface area contributed by atoms with Crippen LogP contribution in [0.25, 0.3) is 0 Å². The molecule has 0 unspecified atom stereocenters. The fraction of sp³-hybridized carbons (Fsp3) is 0.467. The molecular formula is C15H21N3O. The first kappa shape index (κ1) is 15.2. The number of nitrogens with one attached hydrogen (secondary N) is 1. The van der Waals surface area contributed by atoms with Crippen molar-refractivity contribution in [3.8, 4) is 6.07 Å². The first-order chi connectivity index (χ1) is 8.94. The van der Waals surface area contributed by atoms with Gasteiger partial charge < -0.3 is 11.1 Å². The molecule has 1 atom stereocenters. The largest absolute Gasteiger partial charge is 0.353 e. The summed E-state index contributed by atoms with van der Waals surface area (Å²) in [6.07, 6.45) is 1.37. The van der Waals surface area contributed by atoms with Gasteiger partial charge in [0, 0.05) is 6.54 Å². The number of nitriles is 1. The van der Waals surface area contributed by atoms with E-state index in [0.717, 1.165) is 6.42 Å². The number of carbonyl (C=O) groups excluding carboxylic acids is 1. The van der Waals surface area contributed by atoms with Gasteiger partial charge in [-0.2, -0.15) is 5.26 Å². The van der Waals surface area contributed by atoms with Crippen LogP contribution in [0.4, 0.5) is 0 Å². The molecule has 19 heavy (non-hydrogen) atoms. The van der Waals surface area contributed by atoms with Crippen molar-refractivity contribution < 1.29 is 4.79 Å². The van der Waals surface area contributed by atoms with Crippen LogP contribution in [0.1, 0.15) is 25.8 Å². The van der Waals surface area contributed by atoms with Gasteiger partial charge in [-0.25, -0.2) is 0 Å². The van der Waals surface area contributed by atoms with Gasteiger partial charge in [0.1, 0.15) is 0 Å². The Bertz CT molecular complexity index is 448. The Balaban J connectivity index is 2.36. The molecule has 4 nitrogen and oxygen atoms in total. The highest BCUT2D eigenvalue weighted by atomic mass is 16.2. The third-order valence-electron chi connectivity index (χ3n) is 2.93. The predicted molar refractivity (Wildman–Crippen MR) is 75.1 cm³/mol. The average molecular weight is 259 g/mol. The SMILES string of the molecule is CC(C)(C#N)CNC(=O)[C@@H](N)CCc1ccccc1. The molecule has 0 spiro atoms. The number of amides is 1. The van der Waals surface area contributed by atoms with E-state index in [1.807, 2.05) is 30.3 Å². The second-order valence-corrected chi connectivity index (χ2v) is 5.34. The maximum Gasteiger partial charge on any atom is 0.236 e. The summed E-state index contributed by atoms with van der Waals surface area (Å²) in [5, 5.41) is 11.6. The van der Waals surface area contributed by atoms with Crippen molar-refractivity contribution in [1.82, 2.24) is 5.32 Å². The zero-order valence-electron chi connectivity index (χ0n) is 11.5. The second-order valence-electron chi connectivity index (χ2n) is 5.34. The lowest BCUT2D eigenvalue weighted by molar-refractivity contribution is -0.122. The molecule has 0 aliphatic rings. The Labute approximate surface area is 114 Å². The molecule has 0 saturated carbocycles. The van der Waals surface area contributed by atoms with Crippen molar-refractivity contribution in [2.45, 2.75) is 32.7 Å². The van der Waals surface area contributed by atoms with Crippen LogP contribution in [0.3, 0.4) is 0 Å². The normalized spacial score (nSPS) is 12.5. The van der Waals surface area contributed by atoms with E-state index < -0.39 is 11.5 Å². The molecule has 1 amide bonds. The molecule has 0 aromatic heterocycles. The summed E-state index contributed by atoms with van der Waals surface area (Å²) >= 11 is 0. The summed E-state index contributed by atoms with van der Waals surface area (Å²) < 4.78 is 0. The highest BCUT2D eigenvalue weighted by Crippen LogP contribution is 2.11. The monoisotopic (exact) mass is 259 g/mol. The van der Waals surface area contributed by atoms with E-state index in [9.17, 15) is 4.79 Å². The number of carbonyl (C=O) groups is 1. The lowest BCUT2D eigenvalue weighted by Gasteiger charge is -2.18. The molecule has 102 valence electrons. The third kappa shape index (κ3) is 5.54. The van der Waals surface area contributed by atoms with Gasteiger partial charge in [-0.15, -0.1) is 0 Å². The van der Waals surface area contributed by atoms with Gasteiger partial charge in [0.25, 0.3) is 0 Å². The van der Waals surface area contributed by atoms with Crippen molar-refractivity contribution in [2.24, 2.45) is 11.1 Å². The van der Waals surface area contributed by atoms with Gasteiger partial charge in [0.15, 0.2) is 0 Å². The Kier molecular flexibility index (Phi) is 5.53. The maximum atomic E-state index is 11.8. The summed E-state index contributed by atoms with van der Waals surface area (Å²) in [7, 11) is 0. The quantitative estimate of drug-likeness (QED) is 0.814. The Morgan fingerprint density at radius 2 is 2.05 bits per heavy atom. The van der Waals surface area contributed by atoms with E-state index in [2.05, 4.69) is 11.4 Å². The zero-order chi connectivity index (χ0) is 14.3. The van der Waals surface area contributed by atoms with E-state index in [1.165, 1.54) is 5.56 Å². The lowest BCUT2D eigenvalue weighted by atomic mass is 9.96. The van der Waals surface area contributed by atoms with Crippen LogP contribution in [0, 0.1) is 16.7 Å². The van der Waals surface area contributed by atoms with E-state index in [1.54, 1.807) is 13.8 Å². The summed E-state index contributed by atoms with van der Waals surface area (Å²) in [6, 6.07) is 11.5. The standard InChI is InChI=1S/C15H21N3O/c1-15(2,10-16)11-18-14(19)13(17)9-8-12-6-4-3-5-7-12/h3-7,13H,8-9,11,17H2,1-2H3,(H,18,19)/t13-/m0/s1. The van der Waals surface area contributed by atoms with E-state index in [4.69, 9.17) is 11.0 Å². The topological polar surface area (TPSA) is 78.9 Å². The van der Waals surface area contributed by atoms with Crippen LogP contribution >= 0.6 is 0 Å². The van der Waals surface area contributed by atoms with Crippen LogP contribution in [-0.2, 0) is 11.2 Å². The van der Waals surface area contributed by atoms with Crippen LogP contribution in [-0.4, -0.2) is 18.5 Å². The number of hydrogen-bond donors (Lipinski definition) is 2. The highest BCUT2D eigenvalue weighted by molar-refractivity contribution is 5.81. The van der Waals surface area contributed by atoms with Gasteiger partial charge in [-0.05, 0) is 32.3 Å². The van der Waals surface area contributed by atoms with Crippen LogP contribution in [0.2, 0.25) is 0 Å². The van der Waals surface area contributed by atoms with E-state index in [-0.39, 0.29) is 5.91 Å². The summed E-state index contributed by atoms with van der Waals surface area (Å²) in [6.45, 7) is 3.88. The molecular weight excluding hydrogens is 238 g/mol. The number of nitrogens with two attached hydrogens (primary N) is 1. The lowest BCUT2D eigenvalue weighted by Crippen LogP contribution is -2.44. The Morgan fingerprint density at radius 3 is 2.63 bits per heavy atom. The first-order valence-electron chi connectivity index (χ1n) is 6.43. The van der Waals surface area contributed by atoms with Crippen molar-refractivity contribution >= 4 is 5.91 Å². The van der Waals surface area contributed by atoms with Gasteiger partial charge in [-0.3, -0.25) is 4.79 Å². The van der Waals surface area contributed by atoms with E-state index >= 15 is 0 Å². The molecule has 4 heteroatoms. The Morgan fingerprint density at radius 1 is 1.42 bits per heavy atom. The number of nitrogens with zero attached hydrogens (tertiary/aromatic N) is 1. The fourth-order valence-electron chi connectivity index (χ4n) is 1.58. The molecule has 0 bridgehead atoms. The van der Waals surface area contributed by atoms with Crippen molar-refractivity contribution in [3.05, 3.63) is 35.9 Å². The minimum atomic E-state index is -0.561. The molecule has 1 rings (SSSR count). The van der Waals surface area contributed by atoms with Gasteiger partial charge in [0.05, 0.1) is 17.5 Å². The molecule has 0 heterocycles. The zero-order valence-corrected chi connectivity index (χ0v) is 11.5. The third-order valence-corrected chi connectivity index (χ3v) is 2.93. The maximum absolute atomic E-state index is 11.8. The number of benzene rings is 1. The molecule has 0 fully saturated rings. The average Bonchev–Trinajstić information content (AvgIpc) is 2.43. The molecule has 0 radical (unpaired) electrons. The van der Waals surface area contributed by atoms with Crippen molar-refractivity contribution in [2.75, 3.05) is 6.54 Å². The minimum Gasteiger partial charge on any atom is -0.353 e. The molecule has 1 aromatic carbocycles. The minimum absolute atomic E-state index is 0.195. The summed E-state index contributed by atoms with van der Waals surface area (Å²) in [4.78, 5) is 11.8. The Hall–Kier alpha value is -1.86. The van der Waals surface area contributed by atoms with Gasteiger partial charge >= 0.3 is 0 Å². The predicted octanol–water partition coefficient (Wildman–Crippen LogP) is 1.61. The van der Waals surface area contributed by atoms with Crippen molar-refractivity contribution in [1.29, 1.82) is 5.26 Å². The summed E-state index contributed by atoms with van der Waals surface area (Å²) in [5.74, 6) is -0.195. The molecule has 0 aliphatic carbocycles. The van der Waals surface area contributed by atoms with Gasteiger partial charge in [0.2, 0.25) is 5.91 Å². The van der Waals surface area contributed by atoms with Gasteiger partial charge in [-0.1, -0.05) is 30.3 Å². The molecule has 0 saturated heterocycles. The molecule has 1 aromatic rings. The second kappa shape index (κ2) is 6.91. The summed E-state index contributed by atoms with van der Waals surface area (Å²) in [5.41, 5.74) is 6.45. The highest BCUT2D eigenvalue weighted by Gasteiger charge is 2.20. The van der Waals surface area contributed by atoms with Crippen LogP contribution < -0.4 is 11.1 Å². The number of rotatable bonds is 6. The molecule has 0 aliphatic heterocycles. The van der Waals surface area contributed by atoms with Crippen molar-refractivity contribution in [3.63, 3.8) is 0 Å².